The first kappa shape index (κ1) is 13.1. The Hall–Kier alpha value is -1.88. The number of hydrogen-bond donors (Lipinski definition) is 1. The third-order valence-electron chi connectivity index (χ3n) is 3.88. The highest BCUT2D eigenvalue weighted by Crippen LogP contribution is 2.21. The Balaban J connectivity index is 1.94. The Labute approximate surface area is 118 Å². The van der Waals surface area contributed by atoms with E-state index in [0.717, 1.165) is 37.3 Å². The third kappa shape index (κ3) is 2.54. The van der Waals surface area contributed by atoms with E-state index in [0.29, 0.717) is 12.5 Å². The Kier molecular flexibility index (Phi) is 3.69. The van der Waals surface area contributed by atoms with Crippen LogP contribution in [0.2, 0.25) is 0 Å². The molecule has 1 aliphatic heterocycles. The molecular formula is C15H20N4O. The van der Waals surface area contributed by atoms with Crippen molar-refractivity contribution in [1.82, 2.24) is 19.7 Å². The van der Waals surface area contributed by atoms with Crippen LogP contribution >= 0.6 is 0 Å². The second-order valence-corrected chi connectivity index (χ2v) is 5.38. The number of nitrogens with one attached hydrogen (secondary N) is 1. The van der Waals surface area contributed by atoms with E-state index in [4.69, 9.17) is 0 Å². The standard InChI is InChI=1S/C15H20N4O/c1-18-15(20)19(11-12-6-3-2-4-7-12)14(17-18)13-8-5-9-16-10-13/h2-4,6-7,13,16H,5,8-11H2,1H3/t13-/m1/s1. The molecule has 1 atom stereocenters. The lowest BCUT2D eigenvalue weighted by Gasteiger charge is -2.22. The molecule has 1 aromatic carbocycles. The van der Waals surface area contributed by atoms with Gasteiger partial charge in [0, 0.05) is 19.5 Å². The van der Waals surface area contributed by atoms with Crippen molar-refractivity contribution in [3.8, 4) is 0 Å². The summed E-state index contributed by atoms with van der Waals surface area (Å²) in [7, 11) is 1.73. The van der Waals surface area contributed by atoms with E-state index in [9.17, 15) is 4.79 Å². The molecule has 0 unspecified atom stereocenters. The number of benzene rings is 1. The molecule has 2 heterocycles. The highest BCUT2D eigenvalue weighted by Gasteiger charge is 2.23. The van der Waals surface area contributed by atoms with E-state index >= 15 is 0 Å². The third-order valence-corrected chi connectivity index (χ3v) is 3.88. The number of aromatic nitrogens is 3. The first-order chi connectivity index (χ1) is 9.75. The number of piperidine rings is 1. The summed E-state index contributed by atoms with van der Waals surface area (Å²) in [6.07, 6.45) is 2.24. The van der Waals surface area contributed by atoms with Gasteiger partial charge < -0.3 is 5.32 Å². The van der Waals surface area contributed by atoms with Crippen molar-refractivity contribution in [2.24, 2.45) is 7.05 Å². The fourth-order valence-corrected chi connectivity index (χ4v) is 2.81. The van der Waals surface area contributed by atoms with Gasteiger partial charge >= 0.3 is 5.69 Å². The summed E-state index contributed by atoms with van der Waals surface area (Å²) in [5, 5.41) is 7.85. The fourth-order valence-electron chi connectivity index (χ4n) is 2.81. The zero-order valence-corrected chi connectivity index (χ0v) is 11.7. The average Bonchev–Trinajstić information content (AvgIpc) is 2.78. The SMILES string of the molecule is Cn1nc([C@@H]2CCCNC2)n(Cc2ccccc2)c1=O. The highest BCUT2D eigenvalue weighted by atomic mass is 16.2. The van der Waals surface area contributed by atoms with E-state index in [1.54, 1.807) is 7.05 Å². The van der Waals surface area contributed by atoms with Crippen LogP contribution in [0.4, 0.5) is 0 Å². The van der Waals surface area contributed by atoms with Gasteiger partial charge in [-0.1, -0.05) is 30.3 Å². The quantitative estimate of drug-likeness (QED) is 0.910. The number of hydrogen-bond acceptors (Lipinski definition) is 3. The highest BCUT2D eigenvalue weighted by molar-refractivity contribution is 5.16. The normalized spacial score (nSPS) is 19.1. The molecule has 0 spiro atoms. The zero-order valence-electron chi connectivity index (χ0n) is 11.7. The molecule has 3 rings (SSSR count). The maximum atomic E-state index is 12.3. The molecule has 1 saturated heterocycles. The van der Waals surface area contributed by atoms with Crippen molar-refractivity contribution in [2.75, 3.05) is 13.1 Å². The summed E-state index contributed by atoms with van der Waals surface area (Å²) >= 11 is 0. The fraction of sp³-hybridized carbons (Fsp3) is 0.467. The molecule has 0 saturated carbocycles. The first-order valence-corrected chi connectivity index (χ1v) is 7.14. The van der Waals surface area contributed by atoms with Crippen LogP contribution in [0.25, 0.3) is 0 Å². The van der Waals surface area contributed by atoms with E-state index in [2.05, 4.69) is 10.4 Å². The van der Waals surface area contributed by atoms with Gasteiger partial charge in [0.1, 0.15) is 5.82 Å². The summed E-state index contributed by atoms with van der Waals surface area (Å²) in [5.41, 5.74) is 1.10. The summed E-state index contributed by atoms with van der Waals surface area (Å²) in [6, 6.07) is 10.1. The van der Waals surface area contributed by atoms with Gasteiger partial charge in [-0.3, -0.25) is 4.57 Å². The molecule has 0 aliphatic carbocycles. The zero-order chi connectivity index (χ0) is 13.9. The maximum Gasteiger partial charge on any atom is 0.345 e. The van der Waals surface area contributed by atoms with Crippen LogP contribution in [-0.4, -0.2) is 27.4 Å². The summed E-state index contributed by atoms with van der Waals surface area (Å²) in [4.78, 5) is 12.3. The van der Waals surface area contributed by atoms with E-state index in [-0.39, 0.29) is 5.69 Å². The lowest BCUT2D eigenvalue weighted by molar-refractivity contribution is 0.433. The molecule has 1 aliphatic rings. The van der Waals surface area contributed by atoms with Crippen molar-refractivity contribution in [3.63, 3.8) is 0 Å². The Bertz CT molecular complexity index is 623. The molecule has 5 nitrogen and oxygen atoms in total. The average molecular weight is 272 g/mol. The Morgan fingerprint density at radius 3 is 2.85 bits per heavy atom. The van der Waals surface area contributed by atoms with Crippen molar-refractivity contribution in [3.05, 3.63) is 52.2 Å². The van der Waals surface area contributed by atoms with Crippen molar-refractivity contribution in [1.29, 1.82) is 0 Å². The van der Waals surface area contributed by atoms with Crippen LogP contribution in [-0.2, 0) is 13.6 Å². The molecule has 20 heavy (non-hydrogen) atoms. The monoisotopic (exact) mass is 272 g/mol. The van der Waals surface area contributed by atoms with E-state index < -0.39 is 0 Å². The summed E-state index contributed by atoms with van der Waals surface area (Å²) in [6.45, 7) is 2.57. The molecule has 0 amide bonds. The minimum Gasteiger partial charge on any atom is -0.316 e. The first-order valence-electron chi connectivity index (χ1n) is 7.14. The molecule has 5 heteroatoms. The lowest BCUT2D eigenvalue weighted by atomic mass is 9.99. The minimum atomic E-state index is -0.0329. The minimum absolute atomic E-state index is 0.0329. The van der Waals surface area contributed by atoms with E-state index in [1.807, 2.05) is 34.9 Å². The van der Waals surface area contributed by atoms with Crippen molar-refractivity contribution >= 4 is 0 Å². The summed E-state index contributed by atoms with van der Waals surface area (Å²) in [5.74, 6) is 1.25. The smallest absolute Gasteiger partial charge is 0.316 e. The van der Waals surface area contributed by atoms with Gasteiger partial charge in [0.25, 0.3) is 0 Å². The number of nitrogens with zero attached hydrogens (tertiary/aromatic N) is 3. The predicted octanol–water partition coefficient (Wildman–Crippen LogP) is 1.10. The molecule has 0 bridgehead atoms. The Morgan fingerprint density at radius 1 is 1.35 bits per heavy atom. The maximum absolute atomic E-state index is 12.3. The number of aryl methyl sites for hydroxylation is 1. The molecule has 1 N–H and O–H groups in total. The van der Waals surface area contributed by atoms with Gasteiger partial charge in [-0.25, -0.2) is 9.48 Å². The van der Waals surface area contributed by atoms with Gasteiger partial charge in [0.2, 0.25) is 0 Å². The largest absolute Gasteiger partial charge is 0.345 e. The van der Waals surface area contributed by atoms with Crippen LogP contribution < -0.4 is 11.0 Å². The molecular weight excluding hydrogens is 252 g/mol. The van der Waals surface area contributed by atoms with Crippen LogP contribution in [0.5, 0.6) is 0 Å². The van der Waals surface area contributed by atoms with Crippen molar-refractivity contribution in [2.45, 2.75) is 25.3 Å². The van der Waals surface area contributed by atoms with Gasteiger partial charge in [0.05, 0.1) is 6.54 Å². The van der Waals surface area contributed by atoms with Gasteiger partial charge in [-0.05, 0) is 24.9 Å². The van der Waals surface area contributed by atoms with Crippen LogP contribution in [0.1, 0.15) is 30.1 Å². The van der Waals surface area contributed by atoms with Gasteiger partial charge in [0.15, 0.2) is 0 Å². The van der Waals surface area contributed by atoms with E-state index in [1.165, 1.54) is 4.68 Å². The molecule has 2 aromatic rings. The van der Waals surface area contributed by atoms with Crippen LogP contribution in [0.15, 0.2) is 35.1 Å². The lowest BCUT2D eigenvalue weighted by Crippen LogP contribution is -2.31. The number of rotatable bonds is 3. The van der Waals surface area contributed by atoms with Gasteiger partial charge in [-0.2, -0.15) is 5.10 Å². The second-order valence-electron chi connectivity index (χ2n) is 5.38. The molecule has 1 aromatic heterocycles. The van der Waals surface area contributed by atoms with Crippen molar-refractivity contribution < 1.29 is 0 Å². The molecule has 0 radical (unpaired) electrons. The molecule has 106 valence electrons. The second kappa shape index (κ2) is 5.63. The van der Waals surface area contributed by atoms with Gasteiger partial charge in [-0.15, -0.1) is 0 Å². The predicted molar refractivity (Wildman–Crippen MR) is 77.9 cm³/mol. The summed E-state index contributed by atoms with van der Waals surface area (Å²) < 4.78 is 3.26. The van der Waals surface area contributed by atoms with Crippen LogP contribution in [0.3, 0.4) is 0 Å². The Morgan fingerprint density at radius 2 is 2.15 bits per heavy atom. The molecule has 1 fully saturated rings. The topological polar surface area (TPSA) is 51.9 Å². The van der Waals surface area contributed by atoms with Crippen LogP contribution in [0, 0.1) is 0 Å².